The first-order valence-electron chi connectivity index (χ1n) is 14.3. The van der Waals surface area contributed by atoms with Crippen LogP contribution in [0.5, 0.6) is 0 Å². The first-order valence-corrected chi connectivity index (χ1v) is 14.3. The Kier molecular flexibility index (Phi) is 10.2. The van der Waals surface area contributed by atoms with Crippen molar-refractivity contribution >= 4 is 5.97 Å². The molecule has 0 bridgehead atoms. The van der Waals surface area contributed by atoms with Crippen molar-refractivity contribution in [2.45, 2.75) is 96.8 Å². The zero-order valence-electron chi connectivity index (χ0n) is 24.2. The quantitative estimate of drug-likeness (QED) is 0.264. The third kappa shape index (κ3) is 7.62. The Balaban J connectivity index is 1.67. The number of fused-ring (bicyclic) bond motifs is 1. The van der Waals surface area contributed by atoms with E-state index < -0.39 is 35.9 Å². The number of ether oxygens (including phenoxy) is 4. The van der Waals surface area contributed by atoms with Crippen LogP contribution < -0.4 is 0 Å². The van der Waals surface area contributed by atoms with Crippen LogP contribution in [0.15, 0.2) is 83.8 Å². The molecule has 8 atom stereocenters. The number of carbonyl (C=O) groups is 1. The van der Waals surface area contributed by atoms with Gasteiger partial charge in [0.25, 0.3) is 0 Å². The van der Waals surface area contributed by atoms with Gasteiger partial charge in [0.05, 0.1) is 36.9 Å². The highest BCUT2D eigenvalue weighted by atomic mass is 16.6. The van der Waals surface area contributed by atoms with Crippen molar-refractivity contribution in [1.29, 1.82) is 0 Å². The van der Waals surface area contributed by atoms with Crippen LogP contribution in [0.25, 0.3) is 0 Å². The van der Waals surface area contributed by atoms with E-state index in [1.54, 1.807) is 6.92 Å². The minimum atomic E-state index is -0.970. The Labute approximate surface area is 238 Å². The average molecular weight is 547 g/mol. The standard InChI is InChI=1S/C34H42O6/c1-6-28-23(2)14-13-19-29(37-21-26-15-9-7-10-16-26)24(3)20-34(5,38-22-27-17-11-8-12-18-27)32(35)31-30(40-31)25(4)33(36)39-28/h7-12,15-19,24-25,28-32,35H,6,20-22H2,1-5H3/t24-,25-,28-,29-,30+,31-,32-,34-/m1/s1. The number of epoxide rings is 1. The molecule has 2 aromatic rings. The summed E-state index contributed by atoms with van der Waals surface area (Å²) in [6, 6.07) is 19.9. The van der Waals surface area contributed by atoms with Crippen LogP contribution in [0.1, 0.15) is 58.6 Å². The molecule has 2 aromatic carbocycles. The fourth-order valence-corrected chi connectivity index (χ4v) is 5.30. The molecule has 1 saturated heterocycles. The van der Waals surface area contributed by atoms with Crippen molar-refractivity contribution in [1.82, 2.24) is 0 Å². The van der Waals surface area contributed by atoms with Gasteiger partial charge in [-0.3, -0.25) is 4.79 Å². The zero-order valence-corrected chi connectivity index (χ0v) is 24.2. The van der Waals surface area contributed by atoms with E-state index in [-0.39, 0.29) is 18.0 Å². The summed E-state index contributed by atoms with van der Waals surface area (Å²) < 4.78 is 24.6. The highest BCUT2D eigenvalue weighted by molar-refractivity contribution is 5.73. The van der Waals surface area contributed by atoms with E-state index in [1.165, 1.54) is 0 Å². The van der Waals surface area contributed by atoms with Crippen LogP contribution >= 0.6 is 0 Å². The minimum Gasteiger partial charge on any atom is -0.457 e. The van der Waals surface area contributed by atoms with Gasteiger partial charge in [0.15, 0.2) is 0 Å². The molecule has 1 fully saturated rings. The van der Waals surface area contributed by atoms with E-state index in [9.17, 15) is 9.90 Å². The van der Waals surface area contributed by atoms with E-state index in [4.69, 9.17) is 18.9 Å². The number of benzene rings is 2. The van der Waals surface area contributed by atoms with Crippen molar-refractivity contribution in [2.75, 3.05) is 0 Å². The molecule has 0 amide bonds. The summed E-state index contributed by atoms with van der Waals surface area (Å²) in [5.74, 6) is -0.923. The number of aliphatic hydroxyl groups is 1. The van der Waals surface area contributed by atoms with E-state index in [0.29, 0.717) is 26.1 Å². The van der Waals surface area contributed by atoms with Gasteiger partial charge in [-0.05, 0) is 56.7 Å². The van der Waals surface area contributed by atoms with Crippen molar-refractivity contribution in [3.8, 4) is 0 Å². The number of carbonyl (C=O) groups excluding carboxylic acids is 1. The van der Waals surface area contributed by atoms with Crippen LogP contribution in [0.2, 0.25) is 0 Å². The summed E-state index contributed by atoms with van der Waals surface area (Å²) in [5, 5.41) is 11.7. The maximum absolute atomic E-state index is 13.0. The van der Waals surface area contributed by atoms with Crippen molar-refractivity contribution in [3.05, 3.63) is 94.9 Å². The Morgan fingerprint density at radius 3 is 2.25 bits per heavy atom. The Bertz CT molecular complexity index is 1210. The van der Waals surface area contributed by atoms with Crippen molar-refractivity contribution in [3.63, 3.8) is 0 Å². The maximum Gasteiger partial charge on any atom is 0.312 e. The smallest absolute Gasteiger partial charge is 0.312 e. The Hall–Kier alpha value is -2.95. The molecule has 0 spiro atoms. The third-order valence-corrected chi connectivity index (χ3v) is 7.98. The zero-order chi connectivity index (χ0) is 28.7. The summed E-state index contributed by atoms with van der Waals surface area (Å²) in [5.41, 5.74) is 8.24. The fraction of sp³-hybridized carbons (Fsp3) is 0.500. The highest BCUT2D eigenvalue weighted by Gasteiger charge is 2.56. The number of rotatable bonds is 7. The Morgan fingerprint density at radius 1 is 1.00 bits per heavy atom. The largest absolute Gasteiger partial charge is 0.457 e. The van der Waals surface area contributed by atoms with Gasteiger partial charge >= 0.3 is 5.97 Å². The molecular formula is C34H42O6. The van der Waals surface area contributed by atoms with Crippen LogP contribution in [-0.2, 0) is 37.0 Å². The average Bonchev–Trinajstić information content (AvgIpc) is 3.77. The molecule has 2 heterocycles. The second kappa shape index (κ2) is 13.6. The van der Waals surface area contributed by atoms with Gasteiger partial charge in [0.2, 0.25) is 0 Å². The van der Waals surface area contributed by atoms with Crippen LogP contribution in [0.4, 0.5) is 0 Å². The third-order valence-electron chi connectivity index (χ3n) is 7.98. The fourth-order valence-electron chi connectivity index (χ4n) is 5.30. The molecule has 6 nitrogen and oxygen atoms in total. The number of cyclic esters (lactones) is 1. The molecule has 0 radical (unpaired) electrons. The molecule has 0 aromatic heterocycles. The number of hydrogen-bond donors (Lipinski definition) is 1. The second-order valence-electron chi connectivity index (χ2n) is 11.3. The summed E-state index contributed by atoms with van der Waals surface area (Å²) >= 11 is 0. The molecule has 214 valence electrons. The molecule has 40 heavy (non-hydrogen) atoms. The molecule has 4 rings (SSSR count). The minimum absolute atomic E-state index is 0.0478. The Morgan fingerprint density at radius 2 is 1.62 bits per heavy atom. The van der Waals surface area contributed by atoms with Gasteiger partial charge in [0.1, 0.15) is 18.3 Å². The highest BCUT2D eigenvalue weighted by Crippen LogP contribution is 2.41. The molecule has 2 aliphatic rings. The lowest BCUT2D eigenvalue weighted by Gasteiger charge is -2.38. The van der Waals surface area contributed by atoms with Gasteiger partial charge in [-0.25, -0.2) is 0 Å². The normalized spacial score (nSPS) is 32.8. The van der Waals surface area contributed by atoms with Gasteiger partial charge in [0, 0.05) is 5.57 Å². The predicted octanol–water partition coefficient (Wildman–Crippen LogP) is 5.93. The molecular weight excluding hydrogens is 504 g/mol. The van der Waals surface area contributed by atoms with E-state index in [0.717, 1.165) is 16.7 Å². The molecule has 0 saturated carbocycles. The molecule has 6 heteroatoms. The van der Waals surface area contributed by atoms with Crippen molar-refractivity contribution in [2.24, 2.45) is 11.8 Å². The second-order valence-corrected chi connectivity index (χ2v) is 11.3. The topological polar surface area (TPSA) is 77.5 Å². The lowest BCUT2D eigenvalue weighted by Crippen LogP contribution is -2.48. The summed E-state index contributed by atoms with van der Waals surface area (Å²) in [7, 11) is 0. The monoisotopic (exact) mass is 546 g/mol. The van der Waals surface area contributed by atoms with Crippen LogP contribution in [0.3, 0.4) is 0 Å². The lowest BCUT2D eigenvalue weighted by molar-refractivity contribution is -0.152. The van der Waals surface area contributed by atoms with E-state index in [1.807, 2.05) is 87.5 Å². The van der Waals surface area contributed by atoms with Gasteiger partial charge < -0.3 is 24.1 Å². The van der Waals surface area contributed by atoms with Gasteiger partial charge in [-0.15, -0.1) is 0 Å². The molecule has 0 unspecified atom stereocenters. The molecule has 1 N–H and O–H groups in total. The van der Waals surface area contributed by atoms with Crippen LogP contribution in [0, 0.1) is 11.8 Å². The van der Waals surface area contributed by atoms with E-state index in [2.05, 4.69) is 18.4 Å². The van der Waals surface area contributed by atoms with Gasteiger partial charge in [-0.1, -0.05) is 86.0 Å². The number of aliphatic hydroxyl groups excluding tert-OH is 1. The number of hydrogen-bond acceptors (Lipinski definition) is 6. The summed E-state index contributed by atoms with van der Waals surface area (Å²) in [6.07, 6.45) is 0.307. The van der Waals surface area contributed by atoms with Crippen LogP contribution in [-0.4, -0.2) is 47.2 Å². The number of esters is 1. The molecule has 0 aliphatic carbocycles. The van der Waals surface area contributed by atoms with Gasteiger partial charge in [-0.2, -0.15) is 0 Å². The summed E-state index contributed by atoms with van der Waals surface area (Å²) in [6.45, 7) is 10.4. The molecule has 2 aliphatic heterocycles. The predicted molar refractivity (Wildman–Crippen MR) is 153 cm³/mol. The SMILES string of the molecule is CC[C@H]1OC(=O)[C@H](C)[C@@H]2O[C@H]2[C@@H](O)[C@](C)(OCc2ccccc2)C[C@@H](C)[C@H](OCc2ccccc2)C=C=C=C1C. The first kappa shape index (κ1) is 30.0. The first-order chi connectivity index (χ1) is 19.2. The summed E-state index contributed by atoms with van der Waals surface area (Å²) in [4.78, 5) is 13.0. The lowest BCUT2D eigenvalue weighted by atomic mass is 9.82. The van der Waals surface area contributed by atoms with E-state index >= 15 is 0 Å². The maximum atomic E-state index is 13.0. The van der Waals surface area contributed by atoms with Crippen molar-refractivity contribution < 1.29 is 28.8 Å².